The van der Waals surface area contributed by atoms with Crippen molar-refractivity contribution in [1.82, 2.24) is 10.2 Å². The fourth-order valence-corrected chi connectivity index (χ4v) is 5.02. The van der Waals surface area contributed by atoms with Crippen LogP contribution in [0.1, 0.15) is 39.0 Å². The highest BCUT2D eigenvalue weighted by Crippen LogP contribution is 2.40. The van der Waals surface area contributed by atoms with Crippen LogP contribution in [-0.4, -0.2) is 46.7 Å². The molecule has 0 aliphatic carbocycles. The number of amides is 1. The van der Waals surface area contributed by atoms with Gasteiger partial charge in [0, 0.05) is 24.0 Å². The zero-order chi connectivity index (χ0) is 15.0. The van der Waals surface area contributed by atoms with Crippen LogP contribution in [0.15, 0.2) is 0 Å². The minimum atomic E-state index is -0.783. The maximum absolute atomic E-state index is 12.0. The number of unbranched alkanes of at least 4 members (excludes halogenated alkanes) is 3. The fourth-order valence-electron chi connectivity index (χ4n) is 1.94. The van der Waals surface area contributed by atoms with Crippen molar-refractivity contribution in [3.63, 3.8) is 0 Å². The van der Waals surface area contributed by atoms with E-state index in [1.54, 1.807) is 23.5 Å². The van der Waals surface area contributed by atoms with Crippen LogP contribution in [-0.2, 0) is 4.79 Å². The third-order valence-electron chi connectivity index (χ3n) is 3.40. The lowest BCUT2D eigenvalue weighted by Crippen LogP contribution is -2.48. The Morgan fingerprint density at radius 2 is 2.00 bits per heavy atom. The van der Waals surface area contributed by atoms with Gasteiger partial charge in [-0.3, -0.25) is 4.79 Å². The summed E-state index contributed by atoms with van der Waals surface area (Å²) in [5.41, 5.74) is 0. The zero-order valence-electron chi connectivity index (χ0n) is 12.6. The molecule has 1 rings (SSSR count). The molecule has 0 aromatic carbocycles. The molecular formula is C14H25N3OS2. The molecule has 0 bridgehead atoms. The van der Waals surface area contributed by atoms with Crippen molar-refractivity contribution in [2.24, 2.45) is 0 Å². The largest absolute Gasteiger partial charge is 0.321 e. The molecule has 1 N–H and O–H groups in total. The zero-order valence-corrected chi connectivity index (χ0v) is 14.3. The third kappa shape index (κ3) is 5.55. The number of nitriles is 1. The van der Waals surface area contributed by atoms with Crippen LogP contribution < -0.4 is 5.32 Å². The highest BCUT2D eigenvalue weighted by atomic mass is 32.2. The van der Waals surface area contributed by atoms with Crippen LogP contribution in [0.25, 0.3) is 0 Å². The summed E-state index contributed by atoms with van der Waals surface area (Å²) < 4.78 is -0.783. The lowest BCUT2D eigenvalue weighted by atomic mass is 10.1. The van der Waals surface area contributed by atoms with E-state index >= 15 is 0 Å². The predicted molar refractivity (Wildman–Crippen MR) is 87.6 cm³/mol. The molecule has 4 nitrogen and oxygen atoms in total. The van der Waals surface area contributed by atoms with Crippen molar-refractivity contribution < 1.29 is 4.79 Å². The van der Waals surface area contributed by atoms with E-state index in [1.165, 1.54) is 12.8 Å². The Morgan fingerprint density at radius 1 is 1.35 bits per heavy atom. The second kappa shape index (κ2) is 8.81. The molecule has 0 aromatic heterocycles. The van der Waals surface area contributed by atoms with Crippen LogP contribution in [0, 0.1) is 11.3 Å². The van der Waals surface area contributed by atoms with Crippen molar-refractivity contribution in [1.29, 1.82) is 5.26 Å². The number of nitrogens with one attached hydrogen (secondary N) is 1. The number of nitrogens with zero attached hydrogens (tertiary/aromatic N) is 2. The van der Waals surface area contributed by atoms with Crippen LogP contribution in [0.3, 0.4) is 0 Å². The average molecular weight is 316 g/mol. The molecule has 1 aliphatic heterocycles. The summed E-state index contributed by atoms with van der Waals surface area (Å²) in [6.45, 7) is 2.15. The SMILES string of the molecule is CCCCCCC(=O)NC1(C#N)SCC(N(C)C)CS1. The smallest absolute Gasteiger partial charge is 0.222 e. The van der Waals surface area contributed by atoms with Gasteiger partial charge in [0.25, 0.3) is 0 Å². The molecule has 1 heterocycles. The molecule has 0 aromatic rings. The first kappa shape index (κ1) is 17.7. The standard InChI is InChI=1S/C14H25N3OS2/c1-4-5-6-7-8-13(18)16-14(11-15)19-9-12(10-20-14)17(2)3/h12H,4-10H2,1-3H3,(H,16,18). The minimum Gasteiger partial charge on any atom is -0.321 e. The van der Waals surface area contributed by atoms with Gasteiger partial charge in [0.1, 0.15) is 6.07 Å². The molecule has 1 amide bonds. The molecule has 20 heavy (non-hydrogen) atoms. The monoisotopic (exact) mass is 315 g/mol. The summed E-state index contributed by atoms with van der Waals surface area (Å²) in [7, 11) is 4.11. The van der Waals surface area contributed by atoms with E-state index in [-0.39, 0.29) is 5.91 Å². The van der Waals surface area contributed by atoms with Gasteiger partial charge in [-0.25, -0.2) is 0 Å². The normalized spacial score (nSPS) is 26.2. The summed E-state index contributed by atoms with van der Waals surface area (Å²) >= 11 is 3.09. The number of hydrogen-bond donors (Lipinski definition) is 1. The number of rotatable bonds is 7. The number of thioether (sulfide) groups is 2. The minimum absolute atomic E-state index is 0.00551. The Bertz CT molecular complexity index is 347. The number of carbonyl (C=O) groups excluding carboxylic acids is 1. The molecule has 0 atom stereocenters. The Balaban J connectivity index is 2.39. The summed E-state index contributed by atoms with van der Waals surface area (Å²) in [5, 5.41) is 12.3. The summed E-state index contributed by atoms with van der Waals surface area (Å²) in [6.07, 6.45) is 4.87. The predicted octanol–water partition coefficient (Wildman–Crippen LogP) is 2.66. The summed E-state index contributed by atoms with van der Waals surface area (Å²) in [6, 6.07) is 2.75. The second-order valence-corrected chi connectivity index (χ2v) is 8.05. The van der Waals surface area contributed by atoms with E-state index < -0.39 is 4.20 Å². The van der Waals surface area contributed by atoms with Gasteiger partial charge in [-0.1, -0.05) is 26.2 Å². The Hall–Kier alpha value is -0.380. The number of hydrogen-bond acceptors (Lipinski definition) is 5. The summed E-state index contributed by atoms with van der Waals surface area (Å²) in [5.74, 6) is 1.76. The molecule has 1 aliphatic rings. The van der Waals surface area contributed by atoms with Gasteiger partial charge in [0.15, 0.2) is 0 Å². The fraction of sp³-hybridized carbons (Fsp3) is 0.857. The van der Waals surface area contributed by atoms with E-state index in [2.05, 4.69) is 37.3 Å². The van der Waals surface area contributed by atoms with Crippen molar-refractivity contribution in [2.45, 2.75) is 49.3 Å². The van der Waals surface area contributed by atoms with Gasteiger partial charge in [-0.2, -0.15) is 5.26 Å². The third-order valence-corrected chi connectivity index (χ3v) is 6.41. The summed E-state index contributed by atoms with van der Waals surface area (Å²) in [4.78, 5) is 14.1. The second-order valence-electron chi connectivity index (χ2n) is 5.33. The van der Waals surface area contributed by atoms with Crippen LogP contribution >= 0.6 is 23.5 Å². The van der Waals surface area contributed by atoms with Crippen LogP contribution in [0.5, 0.6) is 0 Å². The molecule has 0 unspecified atom stereocenters. The van der Waals surface area contributed by atoms with Crippen molar-refractivity contribution in [3.05, 3.63) is 0 Å². The van der Waals surface area contributed by atoms with Gasteiger partial charge >= 0.3 is 0 Å². The highest BCUT2D eigenvalue weighted by Gasteiger charge is 2.39. The number of carbonyl (C=O) groups is 1. The first-order valence-corrected chi connectivity index (χ1v) is 9.16. The lowest BCUT2D eigenvalue weighted by Gasteiger charge is -2.36. The van der Waals surface area contributed by atoms with Gasteiger partial charge < -0.3 is 10.2 Å². The first-order chi connectivity index (χ1) is 9.53. The molecule has 1 fully saturated rings. The molecule has 0 radical (unpaired) electrons. The quantitative estimate of drug-likeness (QED) is 0.732. The highest BCUT2D eigenvalue weighted by molar-refractivity contribution is 8.19. The van der Waals surface area contributed by atoms with E-state index in [0.717, 1.165) is 24.3 Å². The van der Waals surface area contributed by atoms with E-state index in [4.69, 9.17) is 0 Å². The Labute approximate surface area is 131 Å². The van der Waals surface area contributed by atoms with E-state index in [1.807, 2.05) is 0 Å². The maximum atomic E-state index is 12.0. The van der Waals surface area contributed by atoms with Gasteiger partial charge in [-0.15, -0.1) is 23.5 Å². The molecule has 6 heteroatoms. The van der Waals surface area contributed by atoms with Crippen LogP contribution in [0.4, 0.5) is 0 Å². The molecule has 0 saturated carbocycles. The average Bonchev–Trinajstić information content (AvgIpc) is 2.44. The van der Waals surface area contributed by atoms with Crippen molar-refractivity contribution >= 4 is 29.4 Å². The maximum Gasteiger partial charge on any atom is 0.222 e. The topological polar surface area (TPSA) is 56.1 Å². The van der Waals surface area contributed by atoms with Gasteiger partial charge in [0.05, 0.1) is 0 Å². The van der Waals surface area contributed by atoms with E-state index in [0.29, 0.717) is 12.5 Å². The van der Waals surface area contributed by atoms with Crippen LogP contribution in [0.2, 0.25) is 0 Å². The molecule has 114 valence electrons. The Morgan fingerprint density at radius 3 is 2.50 bits per heavy atom. The van der Waals surface area contributed by atoms with Gasteiger partial charge in [-0.05, 0) is 20.5 Å². The van der Waals surface area contributed by atoms with E-state index in [9.17, 15) is 10.1 Å². The van der Waals surface area contributed by atoms with Gasteiger partial charge in [0.2, 0.25) is 10.1 Å². The van der Waals surface area contributed by atoms with Crippen molar-refractivity contribution in [2.75, 3.05) is 25.6 Å². The molecular weight excluding hydrogens is 290 g/mol. The van der Waals surface area contributed by atoms with Crippen molar-refractivity contribution in [3.8, 4) is 6.07 Å². The molecule has 1 saturated heterocycles. The first-order valence-electron chi connectivity index (χ1n) is 7.19. The molecule has 0 spiro atoms. The Kier molecular flexibility index (Phi) is 7.78. The lowest BCUT2D eigenvalue weighted by molar-refractivity contribution is -0.121.